The summed E-state index contributed by atoms with van der Waals surface area (Å²) in [5.74, 6) is 8.03. The second kappa shape index (κ2) is 20.2. The van der Waals surface area contributed by atoms with Crippen molar-refractivity contribution in [2.45, 2.75) is 160 Å². The first-order chi connectivity index (χ1) is 20.4. The number of rotatable bonds is 20. The molecule has 0 radical (unpaired) electrons. The van der Waals surface area contributed by atoms with E-state index in [2.05, 4.69) is 83.1 Å². The molecular formula is C40H78O3. The Balaban J connectivity index is 1.87. The maximum Gasteiger partial charge on any atom is 0.0608 e. The van der Waals surface area contributed by atoms with Crippen molar-refractivity contribution in [3.8, 4) is 0 Å². The molecule has 0 aromatic rings. The Morgan fingerprint density at radius 1 is 0.535 bits per heavy atom. The predicted molar refractivity (Wildman–Crippen MR) is 186 cm³/mol. The summed E-state index contributed by atoms with van der Waals surface area (Å²) in [6, 6.07) is 0. The lowest BCUT2D eigenvalue weighted by molar-refractivity contribution is -0.0653. The molecule has 2 aliphatic carbocycles. The molecule has 0 aliphatic heterocycles. The van der Waals surface area contributed by atoms with E-state index in [1.54, 1.807) is 0 Å². The van der Waals surface area contributed by atoms with Crippen LogP contribution in [0.25, 0.3) is 0 Å². The van der Waals surface area contributed by atoms with E-state index in [1.807, 2.05) is 0 Å². The minimum Gasteiger partial charge on any atom is -0.381 e. The van der Waals surface area contributed by atoms with E-state index < -0.39 is 0 Å². The number of ether oxygens (including phenoxy) is 3. The molecule has 3 nitrogen and oxygen atoms in total. The van der Waals surface area contributed by atoms with Gasteiger partial charge in [-0.05, 0) is 110 Å². The molecule has 0 aromatic heterocycles. The molecule has 43 heavy (non-hydrogen) atoms. The fourth-order valence-electron chi connectivity index (χ4n) is 8.50. The van der Waals surface area contributed by atoms with Crippen molar-refractivity contribution < 1.29 is 14.2 Å². The van der Waals surface area contributed by atoms with Crippen LogP contribution in [0, 0.1) is 71.0 Å². The number of hydrogen-bond donors (Lipinski definition) is 0. The zero-order valence-corrected chi connectivity index (χ0v) is 31.2. The monoisotopic (exact) mass is 607 g/mol. The zero-order chi connectivity index (χ0) is 32.1. The maximum absolute atomic E-state index is 6.71. The Morgan fingerprint density at radius 3 is 1.23 bits per heavy atom. The predicted octanol–water partition coefficient (Wildman–Crippen LogP) is 11.3. The van der Waals surface area contributed by atoms with E-state index in [0.717, 1.165) is 50.1 Å². The average Bonchev–Trinajstić information content (AvgIpc) is 2.96. The fourth-order valence-corrected chi connectivity index (χ4v) is 8.50. The summed E-state index contributed by atoms with van der Waals surface area (Å²) < 4.78 is 20.1. The van der Waals surface area contributed by atoms with Crippen LogP contribution in [-0.4, -0.2) is 38.6 Å². The lowest BCUT2D eigenvalue weighted by Crippen LogP contribution is -2.37. The van der Waals surface area contributed by atoms with E-state index in [-0.39, 0.29) is 0 Å². The van der Waals surface area contributed by atoms with Crippen molar-refractivity contribution in [2.24, 2.45) is 71.0 Å². The molecule has 2 fully saturated rings. The highest BCUT2D eigenvalue weighted by Gasteiger charge is 2.34. The minimum atomic E-state index is 0.444. The summed E-state index contributed by atoms with van der Waals surface area (Å²) in [6.07, 6.45) is 13.7. The highest BCUT2D eigenvalue weighted by Crippen LogP contribution is 2.38. The molecule has 0 amide bonds. The van der Waals surface area contributed by atoms with E-state index in [4.69, 9.17) is 14.2 Å². The highest BCUT2D eigenvalue weighted by molar-refractivity contribution is 4.83. The molecule has 2 rings (SSSR count). The van der Waals surface area contributed by atoms with Gasteiger partial charge in [-0.25, -0.2) is 0 Å². The van der Waals surface area contributed by atoms with Crippen molar-refractivity contribution in [2.75, 3.05) is 26.4 Å². The molecule has 256 valence electrons. The van der Waals surface area contributed by atoms with Crippen LogP contribution in [0.5, 0.6) is 0 Å². The van der Waals surface area contributed by atoms with Gasteiger partial charge in [0.05, 0.1) is 12.2 Å². The summed E-state index contributed by atoms with van der Waals surface area (Å²) in [7, 11) is 0. The molecule has 12 atom stereocenters. The summed E-state index contributed by atoms with van der Waals surface area (Å²) in [5.41, 5.74) is 0. The van der Waals surface area contributed by atoms with Crippen LogP contribution in [0.2, 0.25) is 0 Å². The van der Waals surface area contributed by atoms with Crippen molar-refractivity contribution in [1.82, 2.24) is 0 Å². The van der Waals surface area contributed by atoms with Crippen molar-refractivity contribution in [3.05, 3.63) is 0 Å². The van der Waals surface area contributed by atoms with Crippen LogP contribution in [0.15, 0.2) is 0 Å². The van der Waals surface area contributed by atoms with Gasteiger partial charge in [-0.3, -0.25) is 0 Å². The van der Waals surface area contributed by atoms with Crippen LogP contribution in [-0.2, 0) is 14.2 Å². The summed E-state index contributed by atoms with van der Waals surface area (Å²) in [4.78, 5) is 0. The molecule has 0 N–H and O–H groups in total. The van der Waals surface area contributed by atoms with Gasteiger partial charge in [-0.15, -0.1) is 0 Å². The van der Waals surface area contributed by atoms with E-state index >= 15 is 0 Å². The summed E-state index contributed by atoms with van der Waals surface area (Å²) in [5, 5.41) is 0. The van der Waals surface area contributed by atoms with E-state index in [9.17, 15) is 0 Å². The van der Waals surface area contributed by atoms with Gasteiger partial charge in [0, 0.05) is 26.4 Å². The first kappa shape index (κ1) is 39.1. The Labute approximate surface area is 270 Å². The van der Waals surface area contributed by atoms with Crippen molar-refractivity contribution in [3.63, 3.8) is 0 Å². The lowest BCUT2D eigenvalue weighted by atomic mass is 9.75. The third-order valence-corrected chi connectivity index (χ3v) is 12.3. The van der Waals surface area contributed by atoms with Gasteiger partial charge in [0.2, 0.25) is 0 Å². The highest BCUT2D eigenvalue weighted by atomic mass is 16.5. The van der Waals surface area contributed by atoms with Gasteiger partial charge in [-0.2, -0.15) is 0 Å². The molecular weight excluding hydrogens is 528 g/mol. The van der Waals surface area contributed by atoms with Crippen LogP contribution in [0.1, 0.15) is 147 Å². The van der Waals surface area contributed by atoms with E-state index in [1.165, 1.54) is 64.2 Å². The SMILES string of the molecule is CCCC(COCC(CCC)C(C)C(C)COC1CC(C)CCC1C(C)C)C(C)C(C)COC1CC(C)CCC1C(C)C. The average molecular weight is 607 g/mol. The third kappa shape index (κ3) is 12.9. The second-order valence-corrected chi connectivity index (χ2v) is 16.7. The Morgan fingerprint density at radius 2 is 0.907 bits per heavy atom. The van der Waals surface area contributed by atoms with Gasteiger partial charge < -0.3 is 14.2 Å². The molecule has 0 bridgehead atoms. The standard InChI is InChI=1S/C40H78O3/c1-13-15-35(33(11)31(9)23-42-39-21-29(7)17-19-37(39)27(3)4)25-41-26-36(16-14-2)34(12)32(10)24-43-40-22-30(8)18-20-38(40)28(5)6/h27-40H,13-26H2,1-12H3. The maximum atomic E-state index is 6.71. The first-order valence-corrected chi connectivity index (χ1v) is 19.2. The van der Waals surface area contributed by atoms with Crippen LogP contribution >= 0.6 is 0 Å². The summed E-state index contributed by atoms with van der Waals surface area (Å²) in [6.45, 7) is 32.4. The van der Waals surface area contributed by atoms with Gasteiger partial charge >= 0.3 is 0 Å². The molecule has 12 unspecified atom stereocenters. The molecule has 2 saturated carbocycles. The van der Waals surface area contributed by atoms with E-state index in [0.29, 0.717) is 59.6 Å². The zero-order valence-electron chi connectivity index (χ0n) is 31.2. The molecule has 0 spiro atoms. The minimum absolute atomic E-state index is 0.444. The second-order valence-electron chi connectivity index (χ2n) is 16.7. The lowest BCUT2D eigenvalue weighted by Gasteiger charge is -2.39. The third-order valence-electron chi connectivity index (χ3n) is 12.3. The van der Waals surface area contributed by atoms with Gasteiger partial charge in [0.15, 0.2) is 0 Å². The molecule has 0 heterocycles. The summed E-state index contributed by atoms with van der Waals surface area (Å²) >= 11 is 0. The van der Waals surface area contributed by atoms with Crippen molar-refractivity contribution >= 4 is 0 Å². The topological polar surface area (TPSA) is 27.7 Å². The molecule has 2 aliphatic rings. The fraction of sp³-hybridized carbons (Fsp3) is 1.00. The Hall–Kier alpha value is -0.120. The Kier molecular flexibility index (Phi) is 18.3. The molecule has 0 saturated heterocycles. The largest absolute Gasteiger partial charge is 0.381 e. The van der Waals surface area contributed by atoms with Crippen molar-refractivity contribution in [1.29, 1.82) is 0 Å². The van der Waals surface area contributed by atoms with Crippen LogP contribution < -0.4 is 0 Å². The Bertz CT molecular complexity index is 648. The van der Waals surface area contributed by atoms with Gasteiger partial charge in [0.25, 0.3) is 0 Å². The van der Waals surface area contributed by atoms with Crippen LogP contribution in [0.4, 0.5) is 0 Å². The van der Waals surface area contributed by atoms with Crippen LogP contribution in [0.3, 0.4) is 0 Å². The number of hydrogen-bond acceptors (Lipinski definition) is 3. The van der Waals surface area contributed by atoms with Gasteiger partial charge in [0.1, 0.15) is 0 Å². The smallest absolute Gasteiger partial charge is 0.0608 e. The normalized spacial score (nSPS) is 31.1. The molecule has 3 heteroatoms. The quantitative estimate of drug-likeness (QED) is 0.138. The first-order valence-electron chi connectivity index (χ1n) is 19.2. The molecule has 0 aromatic carbocycles. The van der Waals surface area contributed by atoms with Gasteiger partial charge in [-0.1, -0.05) is 109 Å².